The average Bonchev–Trinajstić information content (AvgIpc) is 2.26. The SMILES string of the molecule is CC(C)C(=O)N1CCCc2cc(Br)ccc21. The van der Waals surface area contributed by atoms with Crippen LogP contribution >= 0.6 is 15.9 Å². The highest BCUT2D eigenvalue weighted by Crippen LogP contribution is 2.30. The van der Waals surface area contributed by atoms with Crippen LogP contribution in [0.15, 0.2) is 22.7 Å². The zero-order valence-corrected chi connectivity index (χ0v) is 11.3. The first kappa shape index (κ1) is 11.6. The number of amides is 1. The van der Waals surface area contributed by atoms with Crippen LogP contribution in [0.1, 0.15) is 25.8 Å². The zero-order valence-electron chi connectivity index (χ0n) is 9.66. The van der Waals surface area contributed by atoms with Gasteiger partial charge in [-0.15, -0.1) is 0 Å². The summed E-state index contributed by atoms with van der Waals surface area (Å²) in [5.74, 6) is 0.290. The molecule has 16 heavy (non-hydrogen) atoms. The molecule has 2 rings (SSSR count). The highest BCUT2D eigenvalue weighted by atomic mass is 79.9. The van der Waals surface area contributed by atoms with Gasteiger partial charge in [-0.25, -0.2) is 0 Å². The number of aryl methyl sites for hydroxylation is 1. The molecule has 0 spiro atoms. The number of carbonyl (C=O) groups excluding carboxylic acids is 1. The average molecular weight is 282 g/mol. The fraction of sp³-hybridized carbons (Fsp3) is 0.462. The van der Waals surface area contributed by atoms with Gasteiger partial charge in [0.2, 0.25) is 5.91 Å². The monoisotopic (exact) mass is 281 g/mol. The van der Waals surface area contributed by atoms with Crippen molar-refractivity contribution in [1.29, 1.82) is 0 Å². The molecule has 0 N–H and O–H groups in total. The molecule has 0 aliphatic carbocycles. The van der Waals surface area contributed by atoms with Gasteiger partial charge < -0.3 is 4.90 Å². The molecule has 3 heteroatoms. The van der Waals surface area contributed by atoms with Crippen LogP contribution in [0.5, 0.6) is 0 Å². The number of carbonyl (C=O) groups is 1. The molecule has 1 heterocycles. The Morgan fingerprint density at radius 1 is 1.44 bits per heavy atom. The van der Waals surface area contributed by atoms with Gasteiger partial charge in [-0.3, -0.25) is 4.79 Å². The fourth-order valence-corrected chi connectivity index (χ4v) is 2.51. The van der Waals surface area contributed by atoms with E-state index in [9.17, 15) is 4.79 Å². The van der Waals surface area contributed by atoms with Gasteiger partial charge in [0.1, 0.15) is 0 Å². The van der Waals surface area contributed by atoms with E-state index in [1.54, 1.807) is 0 Å². The van der Waals surface area contributed by atoms with Crippen molar-refractivity contribution in [2.45, 2.75) is 26.7 Å². The van der Waals surface area contributed by atoms with E-state index in [0.29, 0.717) is 0 Å². The lowest BCUT2D eigenvalue weighted by molar-refractivity contribution is -0.121. The molecule has 0 atom stereocenters. The van der Waals surface area contributed by atoms with Crippen molar-refractivity contribution >= 4 is 27.5 Å². The van der Waals surface area contributed by atoms with Crippen molar-refractivity contribution in [3.8, 4) is 0 Å². The van der Waals surface area contributed by atoms with Crippen LogP contribution in [-0.4, -0.2) is 12.5 Å². The minimum absolute atomic E-state index is 0.0644. The molecule has 0 unspecified atom stereocenters. The smallest absolute Gasteiger partial charge is 0.229 e. The van der Waals surface area contributed by atoms with Gasteiger partial charge in [-0.05, 0) is 36.6 Å². The van der Waals surface area contributed by atoms with Crippen molar-refractivity contribution in [1.82, 2.24) is 0 Å². The number of nitrogens with zero attached hydrogens (tertiary/aromatic N) is 1. The molecule has 0 radical (unpaired) electrons. The molecule has 1 aliphatic heterocycles. The fourth-order valence-electron chi connectivity index (χ4n) is 2.11. The molecule has 0 saturated heterocycles. The predicted octanol–water partition coefficient (Wildman–Crippen LogP) is 3.38. The normalized spacial score (nSPS) is 15.1. The Balaban J connectivity index is 2.37. The van der Waals surface area contributed by atoms with Crippen LogP contribution in [0.25, 0.3) is 0 Å². The van der Waals surface area contributed by atoms with Crippen LogP contribution < -0.4 is 4.90 Å². The number of rotatable bonds is 1. The molecule has 0 aromatic heterocycles. The van der Waals surface area contributed by atoms with Crippen molar-refractivity contribution in [2.24, 2.45) is 5.92 Å². The van der Waals surface area contributed by atoms with Gasteiger partial charge in [0, 0.05) is 22.6 Å². The second-order valence-corrected chi connectivity index (χ2v) is 5.44. The molecular weight excluding hydrogens is 266 g/mol. The highest BCUT2D eigenvalue weighted by molar-refractivity contribution is 9.10. The molecule has 1 amide bonds. The maximum atomic E-state index is 12.1. The second-order valence-electron chi connectivity index (χ2n) is 4.52. The first-order chi connectivity index (χ1) is 7.59. The summed E-state index contributed by atoms with van der Waals surface area (Å²) in [6, 6.07) is 6.17. The topological polar surface area (TPSA) is 20.3 Å². The van der Waals surface area contributed by atoms with E-state index in [4.69, 9.17) is 0 Å². The van der Waals surface area contributed by atoms with Crippen LogP contribution in [0.4, 0.5) is 5.69 Å². The van der Waals surface area contributed by atoms with Crippen LogP contribution in [0, 0.1) is 5.92 Å². The van der Waals surface area contributed by atoms with E-state index in [0.717, 1.165) is 29.5 Å². The summed E-state index contributed by atoms with van der Waals surface area (Å²) < 4.78 is 1.09. The van der Waals surface area contributed by atoms with E-state index in [2.05, 4.69) is 22.0 Å². The van der Waals surface area contributed by atoms with Crippen LogP contribution in [-0.2, 0) is 11.2 Å². The Labute approximate surface area is 105 Å². The van der Waals surface area contributed by atoms with E-state index in [1.807, 2.05) is 30.9 Å². The standard InChI is InChI=1S/C13H16BrNO/c1-9(2)13(16)15-7-3-4-10-8-11(14)5-6-12(10)15/h5-6,8-9H,3-4,7H2,1-2H3. The third-order valence-electron chi connectivity index (χ3n) is 2.92. The Morgan fingerprint density at radius 3 is 2.88 bits per heavy atom. The lowest BCUT2D eigenvalue weighted by Crippen LogP contribution is -2.38. The molecule has 1 aliphatic rings. The maximum Gasteiger partial charge on any atom is 0.229 e. The summed E-state index contributed by atoms with van der Waals surface area (Å²) in [5, 5.41) is 0. The van der Waals surface area contributed by atoms with Crippen molar-refractivity contribution in [2.75, 3.05) is 11.4 Å². The largest absolute Gasteiger partial charge is 0.312 e. The molecule has 86 valence electrons. The molecule has 0 bridgehead atoms. The maximum absolute atomic E-state index is 12.1. The number of benzene rings is 1. The Hall–Kier alpha value is -0.830. The lowest BCUT2D eigenvalue weighted by atomic mass is 10.0. The molecule has 1 aromatic rings. The minimum atomic E-state index is 0.0644. The predicted molar refractivity (Wildman–Crippen MR) is 69.7 cm³/mol. The lowest BCUT2D eigenvalue weighted by Gasteiger charge is -2.31. The Morgan fingerprint density at radius 2 is 2.19 bits per heavy atom. The summed E-state index contributed by atoms with van der Waals surface area (Å²) in [5.41, 5.74) is 2.36. The number of halogens is 1. The Kier molecular flexibility index (Phi) is 3.33. The van der Waals surface area contributed by atoms with E-state index >= 15 is 0 Å². The highest BCUT2D eigenvalue weighted by Gasteiger charge is 2.24. The van der Waals surface area contributed by atoms with Gasteiger partial charge >= 0.3 is 0 Å². The molecule has 1 aromatic carbocycles. The van der Waals surface area contributed by atoms with Crippen molar-refractivity contribution < 1.29 is 4.79 Å². The van der Waals surface area contributed by atoms with Crippen molar-refractivity contribution in [3.05, 3.63) is 28.2 Å². The molecule has 0 saturated carbocycles. The molecular formula is C13H16BrNO. The third-order valence-corrected chi connectivity index (χ3v) is 3.41. The minimum Gasteiger partial charge on any atom is -0.312 e. The van der Waals surface area contributed by atoms with E-state index in [1.165, 1.54) is 5.56 Å². The number of anilines is 1. The van der Waals surface area contributed by atoms with Crippen LogP contribution in [0.2, 0.25) is 0 Å². The zero-order chi connectivity index (χ0) is 11.7. The van der Waals surface area contributed by atoms with Gasteiger partial charge in [0.25, 0.3) is 0 Å². The van der Waals surface area contributed by atoms with Gasteiger partial charge in [-0.2, -0.15) is 0 Å². The number of fused-ring (bicyclic) bond motifs is 1. The first-order valence-electron chi connectivity index (χ1n) is 5.69. The van der Waals surface area contributed by atoms with Crippen molar-refractivity contribution in [3.63, 3.8) is 0 Å². The first-order valence-corrected chi connectivity index (χ1v) is 6.48. The molecule has 0 fully saturated rings. The summed E-state index contributed by atoms with van der Waals surface area (Å²) in [4.78, 5) is 14.0. The second kappa shape index (κ2) is 4.58. The molecule has 2 nitrogen and oxygen atoms in total. The summed E-state index contributed by atoms with van der Waals surface area (Å²) in [7, 11) is 0. The number of hydrogen-bond donors (Lipinski definition) is 0. The third kappa shape index (κ3) is 2.14. The summed E-state index contributed by atoms with van der Waals surface area (Å²) >= 11 is 3.47. The summed E-state index contributed by atoms with van der Waals surface area (Å²) in [6.07, 6.45) is 2.12. The number of hydrogen-bond acceptors (Lipinski definition) is 1. The van der Waals surface area contributed by atoms with E-state index < -0.39 is 0 Å². The quantitative estimate of drug-likeness (QED) is 0.773. The Bertz CT molecular complexity index is 414. The van der Waals surface area contributed by atoms with Gasteiger partial charge in [0.05, 0.1) is 0 Å². The summed E-state index contributed by atoms with van der Waals surface area (Å²) in [6.45, 7) is 4.76. The van der Waals surface area contributed by atoms with Gasteiger partial charge in [0.15, 0.2) is 0 Å². The van der Waals surface area contributed by atoms with Crippen LogP contribution in [0.3, 0.4) is 0 Å². The van der Waals surface area contributed by atoms with E-state index in [-0.39, 0.29) is 11.8 Å². The van der Waals surface area contributed by atoms with Gasteiger partial charge in [-0.1, -0.05) is 29.8 Å².